The molecule has 2 fully saturated rings. The third-order valence-electron chi connectivity index (χ3n) is 6.87. The predicted octanol–water partition coefficient (Wildman–Crippen LogP) is 1.79. The third-order valence-corrected chi connectivity index (χ3v) is 6.87. The summed E-state index contributed by atoms with van der Waals surface area (Å²) in [5.74, 6) is 0.438. The lowest BCUT2D eigenvalue weighted by Gasteiger charge is -2.19. The van der Waals surface area contributed by atoms with Gasteiger partial charge in [0.1, 0.15) is 6.54 Å². The van der Waals surface area contributed by atoms with Crippen LogP contribution in [0.15, 0.2) is 59.5 Å². The van der Waals surface area contributed by atoms with Gasteiger partial charge in [-0.05, 0) is 43.5 Å². The molecule has 1 aliphatic carbocycles. The first kappa shape index (κ1) is 20.8. The Kier molecular flexibility index (Phi) is 5.80. The average molecular weight is 410 g/mol. The fraction of sp³-hybridized carbons (Fsp3) is 0.500. The van der Waals surface area contributed by atoms with E-state index in [0.29, 0.717) is 19.0 Å². The lowest BCUT2D eigenvalue weighted by molar-refractivity contribution is -0.131. The molecule has 4 rings (SSSR count). The van der Waals surface area contributed by atoms with E-state index >= 15 is 0 Å². The molecule has 1 spiro atoms. The van der Waals surface area contributed by atoms with Crippen LogP contribution in [0.25, 0.3) is 0 Å². The number of aliphatic hydroxyl groups excluding tert-OH is 1. The second kappa shape index (κ2) is 8.36. The molecule has 160 valence electrons. The van der Waals surface area contributed by atoms with Crippen LogP contribution < -0.4 is 5.56 Å². The van der Waals surface area contributed by atoms with Gasteiger partial charge in [0, 0.05) is 37.3 Å². The van der Waals surface area contributed by atoms with Crippen molar-refractivity contribution in [3.8, 4) is 0 Å². The molecule has 1 amide bonds. The number of amides is 1. The highest BCUT2D eigenvalue weighted by Crippen LogP contribution is 2.69. The Morgan fingerprint density at radius 1 is 1.20 bits per heavy atom. The monoisotopic (exact) mass is 409 g/mol. The van der Waals surface area contributed by atoms with Crippen LogP contribution in [-0.2, 0) is 11.3 Å². The van der Waals surface area contributed by atoms with Crippen molar-refractivity contribution < 1.29 is 9.90 Å². The molecule has 1 N–H and O–H groups in total. The van der Waals surface area contributed by atoms with E-state index in [9.17, 15) is 14.7 Å². The fourth-order valence-corrected chi connectivity index (χ4v) is 5.40. The van der Waals surface area contributed by atoms with Gasteiger partial charge in [-0.3, -0.25) is 9.59 Å². The lowest BCUT2D eigenvalue weighted by atomic mass is 9.95. The summed E-state index contributed by atoms with van der Waals surface area (Å²) in [4.78, 5) is 29.0. The van der Waals surface area contributed by atoms with Gasteiger partial charge in [0.2, 0.25) is 5.91 Å². The highest BCUT2D eigenvalue weighted by Gasteiger charge is 2.71. The van der Waals surface area contributed by atoms with Gasteiger partial charge in [0.15, 0.2) is 0 Å². The molecule has 2 aliphatic rings. The number of carbonyl (C=O) groups excluding carboxylic acids is 1. The largest absolute Gasteiger partial charge is 0.391 e. The van der Waals surface area contributed by atoms with Crippen LogP contribution in [-0.4, -0.2) is 64.7 Å². The number of pyridine rings is 1. The zero-order valence-corrected chi connectivity index (χ0v) is 17.8. The average Bonchev–Trinajstić information content (AvgIpc) is 3.22. The van der Waals surface area contributed by atoms with Gasteiger partial charge in [-0.2, -0.15) is 0 Å². The molecule has 1 saturated heterocycles. The van der Waals surface area contributed by atoms with Crippen LogP contribution in [0.3, 0.4) is 0 Å². The van der Waals surface area contributed by atoms with E-state index in [1.165, 1.54) is 16.2 Å². The Labute approximate surface area is 177 Å². The number of hydrogen-bond donors (Lipinski definition) is 1. The molecule has 30 heavy (non-hydrogen) atoms. The van der Waals surface area contributed by atoms with Crippen molar-refractivity contribution in [1.29, 1.82) is 0 Å². The Bertz CT molecular complexity index is 944. The van der Waals surface area contributed by atoms with Crippen LogP contribution in [0, 0.1) is 11.3 Å². The fourth-order valence-electron chi connectivity index (χ4n) is 5.40. The summed E-state index contributed by atoms with van der Waals surface area (Å²) in [5.41, 5.74) is 0.744. The number of benzene rings is 1. The minimum absolute atomic E-state index is 0.0128. The van der Waals surface area contributed by atoms with Gasteiger partial charge < -0.3 is 19.5 Å². The second-order valence-electron chi connectivity index (χ2n) is 8.83. The number of aromatic nitrogens is 1. The minimum atomic E-state index is -0.556. The van der Waals surface area contributed by atoms with E-state index in [1.54, 1.807) is 23.2 Å². The van der Waals surface area contributed by atoms with E-state index in [4.69, 9.17) is 0 Å². The number of hydrogen-bond acceptors (Lipinski definition) is 4. The first-order valence-electron chi connectivity index (χ1n) is 10.8. The van der Waals surface area contributed by atoms with Gasteiger partial charge in [0.25, 0.3) is 5.56 Å². The standard InChI is InChI=1S/C24H31N3O3/c1-3-12-25(2)14-19-23(18-9-5-4-6-10-18)24(19)17-27(15-20(24)28)22(30)16-26-13-8-7-11-21(26)29/h4-11,13,19-20,23,28H,3,12,14-17H2,1-2H3/t19-,20-,23-,24-/m1/s1. The van der Waals surface area contributed by atoms with E-state index in [0.717, 1.165) is 19.5 Å². The Balaban J connectivity index is 1.54. The molecule has 1 aromatic carbocycles. The molecule has 4 atom stereocenters. The summed E-state index contributed by atoms with van der Waals surface area (Å²) < 4.78 is 1.42. The van der Waals surface area contributed by atoms with Gasteiger partial charge in [0.05, 0.1) is 6.10 Å². The summed E-state index contributed by atoms with van der Waals surface area (Å²) in [6.07, 6.45) is 2.17. The number of likely N-dealkylation sites (tertiary alicyclic amines) is 1. The highest BCUT2D eigenvalue weighted by molar-refractivity contribution is 5.77. The maximum atomic E-state index is 12.9. The third kappa shape index (κ3) is 3.70. The lowest BCUT2D eigenvalue weighted by Crippen LogP contribution is -2.35. The molecule has 2 heterocycles. The zero-order chi connectivity index (χ0) is 21.3. The van der Waals surface area contributed by atoms with Crippen molar-refractivity contribution in [2.75, 3.05) is 33.2 Å². The molecule has 1 aliphatic heterocycles. The molecule has 6 nitrogen and oxygen atoms in total. The minimum Gasteiger partial charge on any atom is -0.391 e. The Morgan fingerprint density at radius 2 is 1.93 bits per heavy atom. The number of carbonyl (C=O) groups is 1. The molecular formula is C24H31N3O3. The van der Waals surface area contributed by atoms with E-state index in [-0.39, 0.29) is 29.3 Å². The maximum absolute atomic E-state index is 12.9. The summed E-state index contributed by atoms with van der Waals surface area (Å²) in [5, 5.41) is 11.1. The van der Waals surface area contributed by atoms with E-state index < -0.39 is 6.10 Å². The normalized spacial score (nSPS) is 27.7. The summed E-state index contributed by atoms with van der Waals surface area (Å²) in [6, 6.07) is 15.2. The van der Waals surface area contributed by atoms with Crippen LogP contribution >= 0.6 is 0 Å². The molecule has 0 radical (unpaired) electrons. The van der Waals surface area contributed by atoms with Crippen LogP contribution in [0.5, 0.6) is 0 Å². The van der Waals surface area contributed by atoms with Crippen LogP contribution in [0.4, 0.5) is 0 Å². The van der Waals surface area contributed by atoms with Crippen molar-refractivity contribution in [2.24, 2.45) is 11.3 Å². The molecule has 6 heteroatoms. The molecule has 0 unspecified atom stereocenters. The van der Waals surface area contributed by atoms with Gasteiger partial charge >= 0.3 is 0 Å². The van der Waals surface area contributed by atoms with Crippen molar-refractivity contribution >= 4 is 5.91 Å². The SMILES string of the molecule is CCCN(C)C[C@@H]1[C@@H](c2ccccc2)[C@]12CN(C(=O)Cn1ccccc1=O)C[C@H]2O. The van der Waals surface area contributed by atoms with E-state index in [1.807, 2.05) is 18.2 Å². The molecule has 0 bridgehead atoms. The van der Waals surface area contributed by atoms with Crippen LogP contribution in [0.2, 0.25) is 0 Å². The van der Waals surface area contributed by atoms with Crippen molar-refractivity contribution in [3.05, 3.63) is 70.6 Å². The zero-order valence-electron chi connectivity index (χ0n) is 17.8. The van der Waals surface area contributed by atoms with E-state index in [2.05, 4.69) is 31.0 Å². The van der Waals surface area contributed by atoms with Crippen molar-refractivity contribution in [1.82, 2.24) is 14.4 Å². The molecule has 1 aromatic heterocycles. The smallest absolute Gasteiger partial charge is 0.250 e. The van der Waals surface area contributed by atoms with Crippen LogP contribution in [0.1, 0.15) is 24.8 Å². The number of rotatable bonds is 7. The number of nitrogens with zero attached hydrogens (tertiary/aromatic N) is 3. The second-order valence-corrected chi connectivity index (χ2v) is 8.83. The number of β-amino-alcohol motifs (C(OH)–C–C–N with tert-alkyl or cyclic N) is 1. The Morgan fingerprint density at radius 3 is 2.63 bits per heavy atom. The molecule has 2 aromatic rings. The summed E-state index contributed by atoms with van der Waals surface area (Å²) in [7, 11) is 2.13. The molecular weight excluding hydrogens is 378 g/mol. The predicted molar refractivity (Wildman–Crippen MR) is 116 cm³/mol. The maximum Gasteiger partial charge on any atom is 0.250 e. The van der Waals surface area contributed by atoms with Gasteiger partial charge in [-0.25, -0.2) is 0 Å². The van der Waals surface area contributed by atoms with Gasteiger partial charge in [-0.1, -0.05) is 43.3 Å². The first-order valence-corrected chi connectivity index (χ1v) is 10.8. The highest BCUT2D eigenvalue weighted by atomic mass is 16.3. The quantitative estimate of drug-likeness (QED) is 0.757. The first-order chi connectivity index (χ1) is 14.5. The van der Waals surface area contributed by atoms with Crippen molar-refractivity contribution in [3.63, 3.8) is 0 Å². The summed E-state index contributed by atoms with van der Waals surface area (Å²) >= 11 is 0. The summed E-state index contributed by atoms with van der Waals surface area (Å²) in [6.45, 7) is 4.98. The Hall–Kier alpha value is -2.44. The van der Waals surface area contributed by atoms with Gasteiger partial charge in [-0.15, -0.1) is 0 Å². The van der Waals surface area contributed by atoms with Crippen molar-refractivity contribution in [2.45, 2.75) is 31.9 Å². The molecule has 1 saturated carbocycles. The topological polar surface area (TPSA) is 65.8 Å². The number of aliphatic hydroxyl groups is 1.